The molecule has 0 unspecified atom stereocenters. The largest absolute Gasteiger partial charge is 0.394 e. The second-order valence-electron chi connectivity index (χ2n) is 7.96. The van der Waals surface area contributed by atoms with Crippen molar-refractivity contribution in [1.82, 2.24) is 0 Å². The third kappa shape index (κ3) is 6.22. The van der Waals surface area contributed by atoms with Crippen molar-refractivity contribution in [3.63, 3.8) is 0 Å². The zero-order valence-electron chi connectivity index (χ0n) is 17.6. The first kappa shape index (κ1) is 28.3. The molecule has 0 aromatic rings. The van der Waals surface area contributed by atoms with Gasteiger partial charge in [-0.25, -0.2) is 0 Å². The first-order valence-corrected chi connectivity index (χ1v) is 10.2. The fraction of sp³-hybridized carbons (Fsp3) is 0.944. The van der Waals surface area contributed by atoms with E-state index in [2.05, 4.69) is 0 Å². The van der Waals surface area contributed by atoms with Gasteiger partial charge in [0, 0.05) is 0 Å². The van der Waals surface area contributed by atoms with Crippen molar-refractivity contribution >= 4 is 6.29 Å². The molecule has 33 heavy (non-hydrogen) atoms. The summed E-state index contributed by atoms with van der Waals surface area (Å²) in [6.45, 7) is -0.442. The quantitative estimate of drug-likeness (QED) is 0.128. The standard InChI is InChI=1S/C18H32O15/c1-5-9(23)12(26)14(28)17(30-5)32-8(4-21)11(25)16(6(22)2-19)33-18-15(29)13(27)10(24)7(3-20)31-18/h4-20,22-29H,2-3H2,1H3/t5-,6+,7+,8-,9+,10-,11+,12+,13-,14-,15+,16+,17-,18-/m0/s1. The van der Waals surface area contributed by atoms with Crippen LogP contribution in [0.4, 0.5) is 0 Å². The van der Waals surface area contributed by atoms with Crippen LogP contribution in [0, 0.1) is 0 Å². The van der Waals surface area contributed by atoms with Crippen molar-refractivity contribution < 1.29 is 74.8 Å². The van der Waals surface area contributed by atoms with Gasteiger partial charge in [-0.2, -0.15) is 0 Å². The summed E-state index contributed by atoms with van der Waals surface area (Å²) < 4.78 is 20.8. The van der Waals surface area contributed by atoms with Crippen LogP contribution in [0.5, 0.6) is 0 Å². The maximum atomic E-state index is 11.6. The van der Waals surface area contributed by atoms with Gasteiger partial charge in [-0.3, -0.25) is 0 Å². The number of carbonyl (C=O) groups is 1. The maximum Gasteiger partial charge on any atom is 0.187 e. The summed E-state index contributed by atoms with van der Waals surface area (Å²) in [5.41, 5.74) is 0. The first-order chi connectivity index (χ1) is 15.5. The fourth-order valence-electron chi connectivity index (χ4n) is 3.50. The molecule has 2 heterocycles. The van der Waals surface area contributed by atoms with Gasteiger partial charge in [-0.05, 0) is 6.92 Å². The molecule has 0 saturated carbocycles. The van der Waals surface area contributed by atoms with Gasteiger partial charge in [0.1, 0.15) is 67.1 Å². The molecule has 2 saturated heterocycles. The zero-order chi connectivity index (χ0) is 25.0. The lowest BCUT2D eigenvalue weighted by atomic mass is 9.98. The van der Waals surface area contributed by atoms with Gasteiger partial charge in [0.2, 0.25) is 0 Å². The number of rotatable bonds is 10. The highest BCUT2D eigenvalue weighted by Crippen LogP contribution is 2.27. The normalized spacial score (nSPS) is 43.5. The lowest BCUT2D eigenvalue weighted by molar-refractivity contribution is -0.335. The smallest absolute Gasteiger partial charge is 0.187 e. The van der Waals surface area contributed by atoms with Gasteiger partial charge < -0.3 is 74.8 Å². The highest BCUT2D eigenvalue weighted by atomic mass is 16.7. The van der Waals surface area contributed by atoms with E-state index in [1.165, 1.54) is 6.92 Å². The van der Waals surface area contributed by atoms with E-state index < -0.39 is 99.0 Å². The molecule has 0 radical (unpaired) electrons. The molecule has 2 fully saturated rings. The summed E-state index contributed by atoms with van der Waals surface area (Å²) in [4.78, 5) is 11.6. The minimum Gasteiger partial charge on any atom is -0.394 e. The number of ether oxygens (including phenoxy) is 4. The Morgan fingerprint density at radius 1 is 0.818 bits per heavy atom. The zero-order valence-corrected chi connectivity index (χ0v) is 17.6. The molecule has 2 aliphatic heterocycles. The lowest BCUT2D eigenvalue weighted by Gasteiger charge is -2.43. The number of hydrogen-bond donors (Lipinski definition) is 10. The van der Waals surface area contributed by atoms with Crippen LogP contribution < -0.4 is 0 Å². The molecule has 2 aliphatic rings. The minimum absolute atomic E-state index is 0.0522. The number of carbonyl (C=O) groups excluding carboxylic acids is 1. The SMILES string of the molecule is C[C@@H]1O[C@@H](O[C@@H](C=O)[C@@H](O)[C@H](O[C@@H]2O[C@H](CO)[C@H](O)[C@H](O)[C@H]2O)[C@H](O)CO)[C@@H](O)[C@H](O)[C@@H]1O. The average molecular weight is 488 g/mol. The molecule has 0 spiro atoms. The molecule has 194 valence electrons. The monoisotopic (exact) mass is 488 g/mol. The van der Waals surface area contributed by atoms with E-state index in [9.17, 15) is 55.9 Å². The molecule has 0 bridgehead atoms. The molecule has 0 amide bonds. The van der Waals surface area contributed by atoms with E-state index in [0.717, 1.165) is 0 Å². The van der Waals surface area contributed by atoms with Crippen LogP contribution in [0.2, 0.25) is 0 Å². The van der Waals surface area contributed by atoms with Gasteiger partial charge in [-0.1, -0.05) is 0 Å². The Balaban J connectivity index is 2.18. The Morgan fingerprint density at radius 3 is 1.88 bits per heavy atom. The molecule has 2 rings (SSSR count). The Hall–Kier alpha value is -0.890. The highest BCUT2D eigenvalue weighted by Gasteiger charge is 2.48. The molecule has 15 nitrogen and oxygen atoms in total. The third-order valence-electron chi connectivity index (χ3n) is 5.61. The Kier molecular flexibility index (Phi) is 10.5. The van der Waals surface area contributed by atoms with Gasteiger partial charge in [0.15, 0.2) is 18.9 Å². The average Bonchev–Trinajstić information content (AvgIpc) is 2.81. The van der Waals surface area contributed by atoms with Crippen molar-refractivity contribution in [3.05, 3.63) is 0 Å². The predicted octanol–water partition coefficient (Wildman–Crippen LogP) is -6.70. The molecule has 14 atom stereocenters. The Labute approximate surface area is 187 Å². The summed E-state index contributed by atoms with van der Waals surface area (Å²) in [5, 5.41) is 98.8. The summed E-state index contributed by atoms with van der Waals surface area (Å²) in [7, 11) is 0. The van der Waals surface area contributed by atoms with Crippen LogP contribution in [0.15, 0.2) is 0 Å². The van der Waals surface area contributed by atoms with Crippen LogP contribution in [0.25, 0.3) is 0 Å². The van der Waals surface area contributed by atoms with Crippen LogP contribution in [-0.4, -0.2) is 156 Å². The molecule has 0 aromatic carbocycles. The van der Waals surface area contributed by atoms with Crippen molar-refractivity contribution in [2.45, 2.75) is 92.8 Å². The molecule has 0 aliphatic carbocycles. The van der Waals surface area contributed by atoms with Crippen LogP contribution >= 0.6 is 0 Å². The second kappa shape index (κ2) is 12.2. The Bertz CT molecular complexity index is 607. The highest BCUT2D eigenvalue weighted by molar-refractivity contribution is 5.57. The van der Waals surface area contributed by atoms with Crippen molar-refractivity contribution in [2.24, 2.45) is 0 Å². The molecule has 0 aromatic heterocycles. The number of aldehydes is 1. The van der Waals surface area contributed by atoms with E-state index in [4.69, 9.17) is 18.9 Å². The van der Waals surface area contributed by atoms with Crippen LogP contribution in [0.3, 0.4) is 0 Å². The molecule has 10 N–H and O–H groups in total. The maximum absolute atomic E-state index is 11.6. The summed E-state index contributed by atoms with van der Waals surface area (Å²) in [5.74, 6) is 0. The van der Waals surface area contributed by atoms with E-state index in [1.807, 2.05) is 0 Å². The Morgan fingerprint density at radius 2 is 1.36 bits per heavy atom. The predicted molar refractivity (Wildman–Crippen MR) is 101 cm³/mol. The number of hydrogen-bond acceptors (Lipinski definition) is 15. The molecule has 15 heteroatoms. The topological polar surface area (TPSA) is 256 Å². The van der Waals surface area contributed by atoms with E-state index >= 15 is 0 Å². The van der Waals surface area contributed by atoms with Gasteiger partial charge in [0.25, 0.3) is 0 Å². The fourth-order valence-corrected chi connectivity index (χ4v) is 3.50. The van der Waals surface area contributed by atoms with Crippen LogP contribution in [-0.2, 0) is 23.7 Å². The molecular formula is C18H32O15. The summed E-state index contributed by atoms with van der Waals surface area (Å²) in [6, 6.07) is 0. The second-order valence-corrected chi connectivity index (χ2v) is 7.96. The van der Waals surface area contributed by atoms with E-state index in [-0.39, 0.29) is 6.29 Å². The number of aliphatic hydroxyl groups is 10. The summed E-state index contributed by atoms with van der Waals surface area (Å²) >= 11 is 0. The van der Waals surface area contributed by atoms with E-state index in [1.54, 1.807) is 0 Å². The molecular weight excluding hydrogens is 456 g/mol. The third-order valence-corrected chi connectivity index (χ3v) is 5.61. The van der Waals surface area contributed by atoms with Crippen LogP contribution in [0.1, 0.15) is 6.92 Å². The van der Waals surface area contributed by atoms with Crippen molar-refractivity contribution in [2.75, 3.05) is 13.2 Å². The van der Waals surface area contributed by atoms with Crippen molar-refractivity contribution in [3.8, 4) is 0 Å². The summed E-state index contributed by atoms with van der Waals surface area (Å²) in [6.07, 6.45) is -24.1. The van der Waals surface area contributed by atoms with Gasteiger partial charge in [-0.15, -0.1) is 0 Å². The lowest BCUT2D eigenvalue weighted by Crippen LogP contribution is -2.62. The first-order valence-electron chi connectivity index (χ1n) is 10.2. The van der Waals surface area contributed by atoms with E-state index in [0.29, 0.717) is 0 Å². The van der Waals surface area contributed by atoms with Gasteiger partial charge >= 0.3 is 0 Å². The minimum atomic E-state index is -2.09. The number of aliphatic hydroxyl groups excluding tert-OH is 10. The van der Waals surface area contributed by atoms with Crippen molar-refractivity contribution in [1.29, 1.82) is 0 Å². The van der Waals surface area contributed by atoms with Gasteiger partial charge in [0.05, 0.1) is 19.3 Å².